The first kappa shape index (κ1) is 36.9. The Bertz CT molecular complexity index is 1350. The van der Waals surface area contributed by atoms with Gasteiger partial charge < -0.3 is 59.1 Å². The molecule has 6 N–H and O–H groups in total. The summed E-state index contributed by atoms with van der Waals surface area (Å²) in [6.07, 6.45) is -1.79. The second-order valence-electron chi connectivity index (χ2n) is 17.8. The molecule has 0 radical (unpaired) electrons. The average molecular weight is 721 g/mol. The molecule has 9 aliphatic rings. The molecule has 0 aromatic heterocycles. The van der Waals surface area contributed by atoms with Gasteiger partial charge >= 0.3 is 0 Å². The van der Waals surface area contributed by atoms with E-state index in [0.717, 1.165) is 32.3 Å². The summed E-state index contributed by atoms with van der Waals surface area (Å²) < 4.78 is 37.6. The van der Waals surface area contributed by atoms with Crippen LogP contribution in [0.25, 0.3) is 0 Å². The zero-order chi connectivity index (χ0) is 36.1. The highest BCUT2D eigenvalue weighted by Gasteiger charge is 2.68. The lowest BCUT2D eigenvalue weighted by Crippen LogP contribution is -2.64. The van der Waals surface area contributed by atoms with E-state index in [9.17, 15) is 30.6 Å². The van der Waals surface area contributed by atoms with Gasteiger partial charge in [0.25, 0.3) is 0 Å². The molecule has 288 valence electrons. The summed E-state index contributed by atoms with van der Waals surface area (Å²) in [6.45, 7) is 11.0. The first-order chi connectivity index (χ1) is 24.3. The van der Waals surface area contributed by atoms with Gasteiger partial charge in [0.2, 0.25) is 0 Å². The van der Waals surface area contributed by atoms with Gasteiger partial charge in [-0.2, -0.15) is 0 Å². The summed E-state index contributed by atoms with van der Waals surface area (Å²) in [7, 11) is 0. The molecule has 1 spiro atoms. The number of hydrogen-bond donors (Lipinski definition) is 6. The molecule has 5 saturated heterocycles. The Morgan fingerprint density at radius 2 is 1.69 bits per heavy atom. The molecule has 21 atom stereocenters. The standard InChI is InChI=1S/C39H60O12/c1-17(2)12-23-18(3)28-26-14-25-22-7-6-20-13-21(8-10-38(20,5)24(22)9-11-39(25,28)16-46-35(23)49-26)48-37-34(32(44)30(42)27(15-40)50-37)51-36-33(45)31(43)29(41)19(4)47-36/h6,12,18-19,21-37,40-45H,7-11,13-16H2,1-5H3/t18-,19+,21+,22-,23-,24+,25+,26+,27-,28+,29+,30-,31-,32+,33-,34-,35-,36+,37-,38+,39-/m1/s1. The Kier molecular flexibility index (Phi) is 9.88. The second kappa shape index (κ2) is 13.6. The first-order valence-corrected chi connectivity index (χ1v) is 19.5. The third-order valence-corrected chi connectivity index (χ3v) is 15.0. The molecule has 51 heavy (non-hydrogen) atoms. The number of aliphatic hydroxyl groups is 6. The number of aliphatic hydroxyl groups excluding tert-OH is 6. The minimum Gasteiger partial charge on any atom is -0.394 e. The molecule has 5 heterocycles. The van der Waals surface area contributed by atoms with Gasteiger partial charge in [-0.3, -0.25) is 0 Å². The highest BCUT2D eigenvalue weighted by atomic mass is 16.8. The van der Waals surface area contributed by atoms with Crippen LogP contribution >= 0.6 is 0 Å². The summed E-state index contributed by atoms with van der Waals surface area (Å²) >= 11 is 0. The van der Waals surface area contributed by atoms with Crippen molar-refractivity contribution in [3.8, 4) is 0 Å². The SMILES string of the molecule is CC(C)=C[C@H]1[C@@H]2OC[C@]34CC[C@H]5[C@@H](CC=C6C[C@@H](O[C@@H]7O[C@H](CO)[C@@H](O)[C@H](O)[C@H]7O[C@@H]7O[C@@H](C)[C@H](O)[C@@H](O)[C@H]7O)CC[C@@]65C)[C@@H]3C[C@H](O2)[C@@H]4[C@@H]1C. The minimum atomic E-state index is -1.61. The van der Waals surface area contributed by atoms with Gasteiger partial charge in [0.05, 0.1) is 31.5 Å². The number of ether oxygens (including phenoxy) is 6. The lowest BCUT2D eigenvalue weighted by Gasteiger charge is -2.59. The maximum atomic E-state index is 11.1. The molecule has 0 unspecified atom stereocenters. The fraction of sp³-hybridized carbons (Fsp3) is 0.897. The Hall–Kier alpha value is -1.00. The highest BCUT2D eigenvalue weighted by Crippen LogP contribution is 2.70. The van der Waals surface area contributed by atoms with Gasteiger partial charge in [-0.1, -0.05) is 37.1 Å². The van der Waals surface area contributed by atoms with Crippen molar-refractivity contribution in [2.45, 2.75) is 159 Å². The number of rotatable bonds is 6. The second-order valence-corrected chi connectivity index (χ2v) is 17.8. The minimum absolute atomic E-state index is 0.0348. The predicted octanol–water partition coefficient (Wildman–Crippen LogP) is 2.17. The predicted molar refractivity (Wildman–Crippen MR) is 181 cm³/mol. The van der Waals surface area contributed by atoms with E-state index in [2.05, 4.69) is 39.8 Å². The van der Waals surface area contributed by atoms with E-state index in [0.29, 0.717) is 41.9 Å². The van der Waals surface area contributed by atoms with E-state index in [-0.39, 0.29) is 29.3 Å². The van der Waals surface area contributed by atoms with E-state index in [1.165, 1.54) is 30.9 Å². The molecule has 3 saturated carbocycles. The van der Waals surface area contributed by atoms with Crippen LogP contribution in [-0.4, -0.2) is 124 Å². The summed E-state index contributed by atoms with van der Waals surface area (Å²) in [6, 6.07) is 0. The van der Waals surface area contributed by atoms with Crippen LogP contribution in [0.5, 0.6) is 0 Å². The zero-order valence-corrected chi connectivity index (χ0v) is 30.6. The van der Waals surface area contributed by atoms with Crippen LogP contribution in [0.4, 0.5) is 0 Å². The maximum Gasteiger partial charge on any atom is 0.187 e. The van der Waals surface area contributed by atoms with Gasteiger partial charge in [-0.05, 0) is 101 Å². The normalized spacial score (nSPS) is 56.3. The van der Waals surface area contributed by atoms with Gasteiger partial charge in [0.1, 0.15) is 42.7 Å². The van der Waals surface area contributed by atoms with Crippen molar-refractivity contribution >= 4 is 0 Å². The largest absolute Gasteiger partial charge is 0.394 e. The van der Waals surface area contributed by atoms with Crippen LogP contribution in [0.1, 0.15) is 79.6 Å². The topological polar surface area (TPSA) is 177 Å². The summed E-state index contributed by atoms with van der Waals surface area (Å²) in [5.74, 6) is 3.05. The molecule has 12 heteroatoms. The third kappa shape index (κ3) is 5.85. The van der Waals surface area contributed by atoms with Crippen LogP contribution < -0.4 is 0 Å². The molecule has 5 aliphatic heterocycles. The van der Waals surface area contributed by atoms with Crippen molar-refractivity contribution in [3.63, 3.8) is 0 Å². The van der Waals surface area contributed by atoms with Gasteiger partial charge in [-0.25, -0.2) is 0 Å². The fourth-order valence-corrected chi connectivity index (χ4v) is 12.4. The van der Waals surface area contributed by atoms with Crippen LogP contribution in [0.3, 0.4) is 0 Å². The maximum absolute atomic E-state index is 11.1. The molecule has 8 fully saturated rings. The monoisotopic (exact) mass is 720 g/mol. The molecular formula is C39H60O12. The van der Waals surface area contributed by atoms with E-state index in [4.69, 9.17) is 28.4 Å². The van der Waals surface area contributed by atoms with Crippen LogP contribution in [0, 0.1) is 46.3 Å². The lowest BCUT2D eigenvalue weighted by molar-refractivity contribution is -0.369. The number of allylic oxidation sites excluding steroid dienone is 2. The van der Waals surface area contributed by atoms with Crippen molar-refractivity contribution in [3.05, 3.63) is 23.3 Å². The van der Waals surface area contributed by atoms with E-state index < -0.39 is 68.0 Å². The van der Waals surface area contributed by atoms with Crippen molar-refractivity contribution < 1.29 is 59.1 Å². The van der Waals surface area contributed by atoms with Crippen LogP contribution in [0.15, 0.2) is 23.3 Å². The molecular weight excluding hydrogens is 660 g/mol. The molecule has 0 amide bonds. The Morgan fingerprint density at radius 3 is 2.43 bits per heavy atom. The van der Waals surface area contributed by atoms with E-state index in [1.807, 2.05) is 0 Å². The highest BCUT2D eigenvalue weighted by molar-refractivity contribution is 5.27. The quantitative estimate of drug-likeness (QED) is 0.221. The van der Waals surface area contributed by atoms with Crippen molar-refractivity contribution in [1.29, 1.82) is 0 Å². The fourth-order valence-electron chi connectivity index (χ4n) is 12.4. The average Bonchev–Trinajstić information content (AvgIpc) is 3.29. The smallest absolute Gasteiger partial charge is 0.187 e. The molecule has 9 rings (SSSR count). The summed E-state index contributed by atoms with van der Waals surface area (Å²) in [5.41, 5.74) is 2.91. The molecule has 4 aliphatic carbocycles. The molecule has 12 nitrogen and oxygen atoms in total. The summed E-state index contributed by atoms with van der Waals surface area (Å²) in [5, 5.41) is 62.9. The van der Waals surface area contributed by atoms with Crippen molar-refractivity contribution in [2.24, 2.45) is 46.3 Å². The van der Waals surface area contributed by atoms with E-state index in [1.54, 1.807) is 0 Å². The Morgan fingerprint density at radius 1 is 0.902 bits per heavy atom. The molecule has 0 aromatic carbocycles. The van der Waals surface area contributed by atoms with Crippen LogP contribution in [0.2, 0.25) is 0 Å². The zero-order valence-electron chi connectivity index (χ0n) is 30.6. The number of hydrogen-bond acceptors (Lipinski definition) is 12. The van der Waals surface area contributed by atoms with Gasteiger partial charge in [0, 0.05) is 11.3 Å². The van der Waals surface area contributed by atoms with Crippen molar-refractivity contribution in [1.82, 2.24) is 0 Å². The Labute approximate surface area is 301 Å². The van der Waals surface area contributed by atoms with Gasteiger partial charge in [-0.15, -0.1) is 0 Å². The summed E-state index contributed by atoms with van der Waals surface area (Å²) in [4.78, 5) is 0. The first-order valence-electron chi connectivity index (χ1n) is 19.5. The number of fused-ring (bicyclic) bond motifs is 6. The third-order valence-electron chi connectivity index (χ3n) is 15.0. The Balaban J connectivity index is 0.987. The van der Waals surface area contributed by atoms with E-state index >= 15 is 0 Å². The van der Waals surface area contributed by atoms with Gasteiger partial charge in [0.15, 0.2) is 18.9 Å². The van der Waals surface area contributed by atoms with Crippen molar-refractivity contribution in [2.75, 3.05) is 13.2 Å². The lowest BCUT2D eigenvalue weighted by atomic mass is 9.46. The molecule has 0 aromatic rings. The molecule has 4 bridgehead atoms. The van der Waals surface area contributed by atoms with Crippen LogP contribution in [-0.2, 0) is 28.4 Å².